The average Bonchev–Trinajstić information content (AvgIpc) is 3.26. The zero-order valence-corrected chi connectivity index (χ0v) is 18.8. The van der Waals surface area contributed by atoms with Crippen LogP contribution in [0.1, 0.15) is 42.6 Å². The van der Waals surface area contributed by atoms with Crippen LogP contribution >= 0.6 is 0 Å². The van der Waals surface area contributed by atoms with Gasteiger partial charge in [-0.05, 0) is 37.8 Å². The van der Waals surface area contributed by atoms with Gasteiger partial charge in [0.1, 0.15) is 6.04 Å². The monoisotopic (exact) mass is 446 g/mol. The lowest BCUT2D eigenvalue weighted by Gasteiger charge is -2.37. The van der Waals surface area contributed by atoms with Crippen LogP contribution in [0.15, 0.2) is 18.2 Å². The second kappa shape index (κ2) is 9.97. The molecule has 0 saturated carbocycles. The van der Waals surface area contributed by atoms with Gasteiger partial charge in [-0.1, -0.05) is 13.8 Å². The molecule has 2 aliphatic rings. The Morgan fingerprint density at radius 3 is 2.38 bits per heavy atom. The van der Waals surface area contributed by atoms with Crippen molar-refractivity contribution in [1.29, 1.82) is 0 Å². The van der Waals surface area contributed by atoms with Crippen LogP contribution in [-0.4, -0.2) is 82.9 Å². The number of aryl methyl sites for hydroxylation is 1. The smallest absolute Gasteiger partial charge is 0.409 e. The minimum atomic E-state index is -0.558. The number of nitro benzene ring substituents is 1. The molecular formula is C22H30N4O6. The van der Waals surface area contributed by atoms with Crippen LogP contribution in [0.3, 0.4) is 0 Å². The van der Waals surface area contributed by atoms with Crippen LogP contribution in [0.5, 0.6) is 0 Å². The van der Waals surface area contributed by atoms with Crippen LogP contribution in [0.2, 0.25) is 0 Å². The molecule has 2 fully saturated rings. The standard InChI is InChI=1S/C22H30N4O6/c1-15(2)14-32-22(29)24-11-9-23(10-12-24)21(28)19-5-4-8-25(19)20(27)17-6-7-18(26(30)31)16(3)13-17/h6-7,13,15,19H,4-5,8-12,14H2,1-3H3. The molecule has 10 heteroatoms. The first-order chi connectivity index (χ1) is 15.2. The van der Waals surface area contributed by atoms with Gasteiger partial charge in [0.25, 0.3) is 11.6 Å². The number of nitro groups is 1. The number of ether oxygens (including phenoxy) is 1. The molecule has 0 aliphatic carbocycles. The highest BCUT2D eigenvalue weighted by Gasteiger charge is 2.38. The first kappa shape index (κ1) is 23.5. The largest absolute Gasteiger partial charge is 0.449 e. The molecule has 0 radical (unpaired) electrons. The molecule has 2 heterocycles. The Kier molecular flexibility index (Phi) is 7.32. The quantitative estimate of drug-likeness (QED) is 0.507. The summed E-state index contributed by atoms with van der Waals surface area (Å²) in [5.74, 6) is -0.160. The summed E-state index contributed by atoms with van der Waals surface area (Å²) in [5, 5.41) is 11.0. The topological polar surface area (TPSA) is 113 Å². The van der Waals surface area contributed by atoms with Crippen LogP contribution < -0.4 is 0 Å². The molecule has 1 unspecified atom stereocenters. The Morgan fingerprint density at radius 1 is 1.12 bits per heavy atom. The van der Waals surface area contributed by atoms with Crippen LogP contribution in [0, 0.1) is 23.0 Å². The van der Waals surface area contributed by atoms with E-state index in [1.54, 1.807) is 21.6 Å². The number of carbonyl (C=O) groups is 3. The number of carbonyl (C=O) groups excluding carboxylic acids is 3. The van der Waals surface area contributed by atoms with Crippen LogP contribution in [-0.2, 0) is 9.53 Å². The fraction of sp³-hybridized carbons (Fsp3) is 0.591. The van der Waals surface area contributed by atoms with E-state index < -0.39 is 11.0 Å². The van der Waals surface area contributed by atoms with E-state index in [1.807, 2.05) is 13.8 Å². The highest BCUT2D eigenvalue weighted by Crippen LogP contribution is 2.25. The fourth-order valence-corrected chi connectivity index (χ4v) is 4.08. The van der Waals surface area contributed by atoms with E-state index in [4.69, 9.17) is 4.74 Å². The number of nitrogens with zero attached hydrogens (tertiary/aromatic N) is 4. The van der Waals surface area contributed by atoms with Gasteiger partial charge in [-0.3, -0.25) is 19.7 Å². The Bertz CT molecular complexity index is 894. The Balaban J connectivity index is 1.61. The third kappa shape index (κ3) is 5.17. The zero-order chi connectivity index (χ0) is 23.4. The van der Waals surface area contributed by atoms with Crippen molar-refractivity contribution in [3.05, 3.63) is 39.4 Å². The van der Waals surface area contributed by atoms with E-state index in [0.29, 0.717) is 56.9 Å². The van der Waals surface area contributed by atoms with E-state index in [-0.39, 0.29) is 29.5 Å². The SMILES string of the molecule is Cc1cc(C(=O)N2CCCC2C(=O)N2CCN(C(=O)OCC(C)C)CC2)ccc1[N+](=O)[O-]. The summed E-state index contributed by atoms with van der Waals surface area (Å²) in [7, 11) is 0. The first-order valence-corrected chi connectivity index (χ1v) is 11.0. The molecule has 3 amide bonds. The molecule has 3 rings (SSSR count). The molecular weight excluding hydrogens is 416 g/mol. The van der Waals surface area contributed by atoms with Gasteiger partial charge < -0.3 is 19.4 Å². The van der Waals surface area contributed by atoms with E-state index in [1.165, 1.54) is 18.2 Å². The summed E-state index contributed by atoms with van der Waals surface area (Å²) >= 11 is 0. The lowest BCUT2D eigenvalue weighted by molar-refractivity contribution is -0.385. The van der Waals surface area contributed by atoms with Crippen LogP contribution in [0.4, 0.5) is 10.5 Å². The Hall–Kier alpha value is -3.17. The van der Waals surface area contributed by atoms with Crippen molar-refractivity contribution < 1.29 is 24.0 Å². The number of hydrogen-bond donors (Lipinski definition) is 0. The summed E-state index contributed by atoms with van der Waals surface area (Å²) in [6, 6.07) is 3.71. The van der Waals surface area contributed by atoms with Gasteiger partial charge in [0, 0.05) is 49.9 Å². The lowest BCUT2D eigenvalue weighted by Crippen LogP contribution is -2.55. The molecule has 10 nitrogen and oxygen atoms in total. The molecule has 2 saturated heterocycles. The van der Waals surface area contributed by atoms with Gasteiger partial charge in [-0.25, -0.2) is 4.79 Å². The van der Waals surface area contributed by atoms with Crippen molar-refractivity contribution in [2.75, 3.05) is 39.3 Å². The third-order valence-corrected chi connectivity index (χ3v) is 5.83. The molecule has 1 aromatic rings. The summed E-state index contributed by atoms with van der Waals surface area (Å²) in [6.07, 6.45) is 0.931. The summed E-state index contributed by atoms with van der Waals surface area (Å²) < 4.78 is 5.26. The lowest BCUT2D eigenvalue weighted by atomic mass is 10.1. The highest BCUT2D eigenvalue weighted by molar-refractivity contribution is 5.98. The second-order valence-electron chi connectivity index (χ2n) is 8.70. The van der Waals surface area contributed by atoms with Gasteiger partial charge in [-0.15, -0.1) is 0 Å². The van der Waals surface area contributed by atoms with Crippen molar-refractivity contribution in [3.63, 3.8) is 0 Å². The number of rotatable bonds is 5. The number of piperazine rings is 1. The highest BCUT2D eigenvalue weighted by atomic mass is 16.6. The van der Waals surface area contributed by atoms with E-state index in [9.17, 15) is 24.5 Å². The minimum absolute atomic E-state index is 0.0413. The first-order valence-electron chi connectivity index (χ1n) is 11.0. The van der Waals surface area contributed by atoms with Gasteiger partial charge in [0.15, 0.2) is 0 Å². The number of likely N-dealkylation sites (tertiary alicyclic amines) is 1. The molecule has 32 heavy (non-hydrogen) atoms. The molecule has 174 valence electrons. The summed E-state index contributed by atoms with van der Waals surface area (Å²) in [4.78, 5) is 53.8. The van der Waals surface area contributed by atoms with Crippen molar-refractivity contribution in [2.45, 2.75) is 39.7 Å². The van der Waals surface area contributed by atoms with E-state index in [0.717, 1.165) is 6.42 Å². The van der Waals surface area contributed by atoms with Crippen LogP contribution in [0.25, 0.3) is 0 Å². The molecule has 0 aromatic heterocycles. The van der Waals surface area contributed by atoms with E-state index in [2.05, 4.69) is 0 Å². The Morgan fingerprint density at radius 2 is 1.78 bits per heavy atom. The molecule has 1 atom stereocenters. The minimum Gasteiger partial charge on any atom is -0.449 e. The van der Waals surface area contributed by atoms with Gasteiger partial charge in [-0.2, -0.15) is 0 Å². The average molecular weight is 447 g/mol. The van der Waals surface area contributed by atoms with Gasteiger partial charge >= 0.3 is 6.09 Å². The number of amides is 3. The maximum absolute atomic E-state index is 13.2. The van der Waals surface area contributed by atoms with E-state index >= 15 is 0 Å². The molecule has 0 N–H and O–H groups in total. The number of hydrogen-bond acceptors (Lipinski definition) is 6. The molecule has 1 aromatic carbocycles. The third-order valence-electron chi connectivity index (χ3n) is 5.83. The predicted octanol–water partition coefficient (Wildman–Crippen LogP) is 2.44. The molecule has 0 bridgehead atoms. The van der Waals surface area contributed by atoms with Crippen molar-refractivity contribution in [2.24, 2.45) is 5.92 Å². The second-order valence-corrected chi connectivity index (χ2v) is 8.70. The Labute approximate surface area is 187 Å². The number of benzene rings is 1. The normalized spacial score (nSPS) is 18.8. The fourth-order valence-electron chi connectivity index (χ4n) is 4.08. The van der Waals surface area contributed by atoms with Gasteiger partial charge in [0.2, 0.25) is 5.91 Å². The molecule has 2 aliphatic heterocycles. The maximum Gasteiger partial charge on any atom is 0.409 e. The van der Waals surface area contributed by atoms with Crippen molar-refractivity contribution >= 4 is 23.6 Å². The van der Waals surface area contributed by atoms with Crippen molar-refractivity contribution in [1.82, 2.24) is 14.7 Å². The maximum atomic E-state index is 13.2. The molecule has 0 spiro atoms. The van der Waals surface area contributed by atoms with Crippen molar-refractivity contribution in [3.8, 4) is 0 Å². The summed E-state index contributed by atoms with van der Waals surface area (Å²) in [5.41, 5.74) is 0.703. The predicted molar refractivity (Wildman–Crippen MR) is 116 cm³/mol. The van der Waals surface area contributed by atoms with Gasteiger partial charge in [0.05, 0.1) is 11.5 Å². The summed E-state index contributed by atoms with van der Waals surface area (Å²) in [6.45, 7) is 7.93. The zero-order valence-electron chi connectivity index (χ0n) is 18.8.